The summed E-state index contributed by atoms with van der Waals surface area (Å²) >= 11 is 0. The van der Waals surface area contributed by atoms with Gasteiger partial charge < -0.3 is 5.32 Å². The number of nitriles is 1. The van der Waals surface area contributed by atoms with Gasteiger partial charge in [0.1, 0.15) is 11.8 Å². The van der Waals surface area contributed by atoms with Gasteiger partial charge in [-0.25, -0.2) is 4.98 Å². The minimum Gasteiger partial charge on any atom is -0.348 e. The second kappa shape index (κ2) is 5.55. The molecule has 0 saturated heterocycles. The van der Waals surface area contributed by atoms with Crippen LogP contribution in [0.3, 0.4) is 0 Å². The van der Waals surface area contributed by atoms with Crippen molar-refractivity contribution in [1.29, 1.82) is 5.26 Å². The summed E-state index contributed by atoms with van der Waals surface area (Å²) in [6.07, 6.45) is 4.75. The third-order valence-electron chi connectivity index (χ3n) is 2.32. The topological polar surface area (TPSA) is 78.7 Å². The molecule has 0 aliphatic carbocycles. The Hall–Kier alpha value is -2.74. The molecule has 88 valence electrons. The van der Waals surface area contributed by atoms with Crippen LogP contribution in [0.4, 0.5) is 0 Å². The predicted octanol–water partition coefficient (Wildman–Crippen LogP) is 1.28. The lowest BCUT2D eigenvalue weighted by Gasteiger charge is -2.04. The fourth-order valence-corrected chi connectivity index (χ4v) is 1.38. The number of amides is 1. The molecule has 0 saturated carbocycles. The Morgan fingerprint density at radius 1 is 1.33 bits per heavy atom. The summed E-state index contributed by atoms with van der Waals surface area (Å²) in [7, 11) is 0. The van der Waals surface area contributed by atoms with E-state index < -0.39 is 0 Å². The van der Waals surface area contributed by atoms with Crippen molar-refractivity contribution < 1.29 is 4.79 Å². The molecule has 2 aromatic heterocycles. The number of nitrogens with zero attached hydrogens (tertiary/aromatic N) is 3. The maximum Gasteiger partial charge on any atom is 0.253 e. The van der Waals surface area contributed by atoms with Crippen LogP contribution in [-0.4, -0.2) is 15.9 Å². The molecular formula is C13H10N4O. The smallest absolute Gasteiger partial charge is 0.253 e. The lowest BCUT2D eigenvalue weighted by molar-refractivity contribution is 0.0950. The molecule has 5 heteroatoms. The van der Waals surface area contributed by atoms with Crippen molar-refractivity contribution in [2.45, 2.75) is 6.54 Å². The van der Waals surface area contributed by atoms with Crippen molar-refractivity contribution in [3.8, 4) is 6.07 Å². The number of pyridine rings is 2. The van der Waals surface area contributed by atoms with E-state index >= 15 is 0 Å². The monoisotopic (exact) mass is 238 g/mol. The normalized spacial score (nSPS) is 9.50. The number of carbonyl (C=O) groups excluding carboxylic acids is 1. The van der Waals surface area contributed by atoms with Crippen molar-refractivity contribution in [2.24, 2.45) is 0 Å². The number of nitrogens with one attached hydrogen (secondary N) is 1. The van der Waals surface area contributed by atoms with Gasteiger partial charge >= 0.3 is 0 Å². The van der Waals surface area contributed by atoms with E-state index in [-0.39, 0.29) is 5.91 Å². The maximum atomic E-state index is 11.8. The molecule has 0 radical (unpaired) electrons. The molecule has 2 aromatic rings. The fourth-order valence-electron chi connectivity index (χ4n) is 1.38. The summed E-state index contributed by atoms with van der Waals surface area (Å²) in [4.78, 5) is 19.6. The second-order valence-corrected chi connectivity index (χ2v) is 3.59. The highest BCUT2D eigenvalue weighted by molar-refractivity contribution is 5.93. The zero-order chi connectivity index (χ0) is 12.8. The average Bonchev–Trinajstić information content (AvgIpc) is 2.46. The SMILES string of the molecule is N#Cc1ccc(C(=O)NCc2cccnc2)cn1. The molecule has 0 atom stereocenters. The van der Waals surface area contributed by atoms with Crippen molar-refractivity contribution in [3.63, 3.8) is 0 Å². The first-order chi connectivity index (χ1) is 8.79. The Balaban J connectivity index is 1.98. The molecule has 2 rings (SSSR count). The number of aromatic nitrogens is 2. The van der Waals surface area contributed by atoms with Crippen molar-refractivity contribution >= 4 is 5.91 Å². The van der Waals surface area contributed by atoms with Gasteiger partial charge in [0, 0.05) is 25.1 Å². The molecule has 5 nitrogen and oxygen atoms in total. The molecule has 0 aromatic carbocycles. The zero-order valence-electron chi connectivity index (χ0n) is 9.50. The first kappa shape index (κ1) is 11.7. The van der Waals surface area contributed by atoms with Gasteiger partial charge in [0.25, 0.3) is 5.91 Å². The van der Waals surface area contributed by atoms with Crippen LogP contribution in [0.25, 0.3) is 0 Å². The van der Waals surface area contributed by atoms with Crippen molar-refractivity contribution in [1.82, 2.24) is 15.3 Å². The molecule has 0 bridgehead atoms. The van der Waals surface area contributed by atoms with E-state index in [0.717, 1.165) is 5.56 Å². The zero-order valence-corrected chi connectivity index (χ0v) is 9.50. The van der Waals surface area contributed by atoms with Crippen molar-refractivity contribution in [3.05, 3.63) is 59.7 Å². The van der Waals surface area contributed by atoms with E-state index in [2.05, 4.69) is 15.3 Å². The van der Waals surface area contributed by atoms with Gasteiger partial charge in [-0.05, 0) is 23.8 Å². The standard InChI is InChI=1S/C13H10N4O/c14-6-12-4-3-11(9-16-12)13(18)17-8-10-2-1-5-15-7-10/h1-5,7,9H,8H2,(H,17,18). The summed E-state index contributed by atoms with van der Waals surface area (Å²) in [5.41, 5.74) is 1.64. The van der Waals surface area contributed by atoms with Gasteiger partial charge in [-0.1, -0.05) is 6.07 Å². The third-order valence-corrected chi connectivity index (χ3v) is 2.32. The number of hydrogen-bond acceptors (Lipinski definition) is 4. The largest absolute Gasteiger partial charge is 0.348 e. The van der Waals surface area contributed by atoms with Crippen LogP contribution in [0.15, 0.2) is 42.9 Å². The Morgan fingerprint density at radius 2 is 2.22 bits per heavy atom. The van der Waals surface area contributed by atoms with Gasteiger partial charge in [-0.2, -0.15) is 5.26 Å². The van der Waals surface area contributed by atoms with Gasteiger partial charge in [-0.15, -0.1) is 0 Å². The molecule has 0 fully saturated rings. The third kappa shape index (κ3) is 2.89. The highest BCUT2D eigenvalue weighted by Crippen LogP contribution is 2.01. The summed E-state index contributed by atoms with van der Waals surface area (Å²) < 4.78 is 0. The average molecular weight is 238 g/mol. The molecule has 1 amide bonds. The second-order valence-electron chi connectivity index (χ2n) is 3.59. The number of hydrogen-bond donors (Lipinski definition) is 1. The van der Waals surface area contributed by atoms with Crippen LogP contribution >= 0.6 is 0 Å². The van der Waals surface area contributed by atoms with E-state index in [0.29, 0.717) is 17.8 Å². The molecule has 0 aliphatic rings. The first-order valence-electron chi connectivity index (χ1n) is 5.33. The highest BCUT2D eigenvalue weighted by atomic mass is 16.1. The van der Waals surface area contributed by atoms with Gasteiger partial charge in [0.15, 0.2) is 0 Å². The van der Waals surface area contributed by atoms with Crippen LogP contribution in [0.5, 0.6) is 0 Å². The number of carbonyl (C=O) groups is 1. The molecule has 0 spiro atoms. The first-order valence-corrected chi connectivity index (χ1v) is 5.33. The minimum absolute atomic E-state index is 0.226. The van der Waals surface area contributed by atoms with E-state index in [1.807, 2.05) is 18.2 Å². The Morgan fingerprint density at radius 3 is 2.83 bits per heavy atom. The predicted molar refractivity (Wildman–Crippen MR) is 64.4 cm³/mol. The van der Waals surface area contributed by atoms with Crippen LogP contribution in [-0.2, 0) is 6.54 Å². The Kier molecular flexibility index (Phi) is 3.62. The summed E-state index contributed by atoms with van der Waals surface area (Å²) in [6.45, 7) is 0.409. The Bertz CT molecular complexity index is 572. The number of rotatable bonds is 3. The van der Waals surface area contributed by atoms with Crippen LogP contribution in [0, 0.1) is 11.3 Å². The molecule has 0 unspecified atom stereocenters. The van der Waals surface area contributed by atoms with E-state index in [1.165, 1.54) is 12.3 Å². The molecule has 1 N–H and O–H groups in total. The van der Waals surface area contributed by atoms with Crippen LogP contribution in [0.1, 0.15) is 21.6 Å². The fraction of sp³-hybridized carbons (Fsp3) is 0.0769. The molecule has 0 aliphatic heterocycles. The summed E-state index contributed by atoms with van der Waals surface area (Å²) in [6, 6.07) is 8.68. The Labute approximate surface area is 104 Å². The lowest BCUT2D eigenvalue weighted by atomic mass is 10.2. The molecule has 2 heterocycles. The van der Waals surface area contributed by atoms with E-state index in [1.54, 1.807) is 18.5 Å². The van der Waals surface area contributed by atoms with Crippen molar-refractivity contribution in [2.75, 3.05) is 0 Å². The lowest BCUT2D eigenvalue weighted by Crippen LogP contribution is -2.22. The van der Waals surface area contributed by atoms with E-state index in [4.69, 9.17) is 5.26 Å². The maximum absolute atomic E-state index is 11.8. The van der Waals surface area contributed by atoms with E-state index in [9.17, 15) is 4.79 Å². The minimum atomic E-state index is -0.226. The quantitative estimate of drug-likeness (QED) is 0.873. The van der Waals surface area contributed by atoms with Gasteiger partial charge in [-0.3, -0.25) is 9.78 Å². The highest BCUT2D eigenvalue weighted by Gasteiger charge is 2.05. The molecule has 18 heavy (non-hydrogen) atoms. The summed E-state index contributed by atoms with van der Waals surface area (Å²) in [5, 5.41) is 11.4. The summed E-state index contributed by atoms with van der Waals surface area (Å²) in [5.74, 6) is -0.226. The van der Waals surface area contributed by atoms with Gasteiger partial charge in [0.2, 0.25) is 0 Å². The molecular weight excluding hydrogens is 228 g/mol. The van der Waals surface area contributed by atoms with Crippen LogP contribution < -0.4 is 5.32 Å². The van der Waals surface area contributed by atoms with Crippen LogP contribution in [0.2, 0.25) is 0 Å². The van der Waals surface area contributed by atoms with Gasteiger partial charge in [0.05, 0.1) is 5.56 Å².